The van der Waals surface area contributed by atoms with E-state index < -0.39 is 9.71 Å². The van der Waals surface area contributed by atoms with Crippen molar-refractivity contribution in [2.45, 2.75) is 11.3 Å². The standard InChI is InChI=1S/C24H22N4O3S/c1-32(26,31)22-5-3-2-4-21(22)18-8-10-19(11-9-18)24(30)27-15-14-23(29)28-20-12-6-17(16-25)7-13-20/h2-13H,1,14-15H2,(H2,26,31)(H,27,30)(H,28,29). The first-order chi connectivity index (χ1) is 15.3. The molecule has 4 N–H and O–H groups in total. The number of hydrogen-bond donors (Lipinski definition) is 3. The first-order valence-electron chi connectivity index (χ1n) is 9.70. The largest absolute Gasteiger partial charge is 0.352 e. The molecule has 3 aromatic rings. The first-order valence-corrected chi connectivity index (χ1v) is 11.5. The summed E-state index contributed by atoms with van der Waals surface area (Å²) < 4.78 is 12.2. The average molecular weight is 447 g/mol. The van der Waals surface area contributed by atoms with Crippen molar-refractivity contribution in [1.82, 2.24) is 5.32 Å². The second-order valence-electron chi connectivity index (χ2n) is 7.04. The Kier molecular flexibility index (Phi) is 7.05. The van der Waals surface area contributed by atoms with Gasteiger partial charge in [-0.05, 0) is 59.5 Å². The topological polar surface area (TPSA) is 125 Å². The van der Waals surface area contributed by atoms with Gasteiger partial charge in [0.25, 0.3) is 5.91 Å². The number of hydrogen-bond acceptors (Lipinski definition) is 4. The van der Waals surface area contributed by atoms with E-state index in [4.69, 9.17) is 10.4 Å². The zero-order valence-electron chi connectivity index (χ0n) is 17.2. The molecule has 0 bridgehead atoms. The lowest BCUT2D eigenvalue weighted by Crippen LogP contribution is -2.27. The summed E-state index contributed by atoms with van der Waals surface area (Å²) in [4.78, 5) is 24.9. The molecule has 1 unspecified atom stereocenters. The van der Waals surface area contributed by atoms with Crippen molar-refractivity contribution in [3.8, 4) is 17.2 Å². The van der Waals surface area contributed by atoms with Crippen molar-refractivity contribution in [3.63, 3.8) is 0 Å². The Morgan fingerprint density at radius 3 is 2.28 bits per heavy atom. The van der Waals surface area contributed by atoms with Crippen LogP contribution in [0, 0.1) is 11.3 Å². The van der Waals surface area contributed by atoms with Crippen LogP contribution in [0.3, 0.4) is 0 Å². The van der Waals surface area contributed by atoms with Gasteiger partial charge in [-0.1, -0.05) is 30.3 Å². The number of nitrogens with zero attached hydrogens (tertiary/aromatic N) is 1. The second-order valence-corrected chi connectivity index (χ2v) is 8.94. The Balaban J connectivity index is 1.56. The van der Waals surface area contributed by atoms with Crippen LogP contribution < -0.4 is 15.8 Å². The van der Waals surface area contributed by atoms with Gasteiger partial charge in [0, 0.05) is 24.2 Å². The Morgan fingerprint density at radius 1 is 1.00 bits per heavy atom. The predicted molar refractivity (Wildman–Crippen MR) is 126 cm³/mol. The van der Waals surface area contributed by atoms with E-state index in [0.717, 1.165) is 5.56 Å². The summed E-state index contributed by atoms with van der Waals surface area (Å²) in [6.45, 7) is 0.169. The smallest absolute Gasteiger partial charge is 0.251 e. The molecule has 0 heterocycles. The highest BCUT2D eigenvalue weighted by Crippen LogP contribution is 2.26. The fraction of sp³-hybridized carbons (Fsp3) is 0.0833. The van der Waals surface area contributed by atoms with Crippen LogP contribution in [-0.2, 0) is 14.5 Å². The molecule has 3 rings (SSSR count). The summed E-state index contributed by atoms with van der Waals surface area (Å²) in [5.74, 6) is 2.99. The van der Waals surface area contributed by atoms with Crippen LogP contribution in [0.2, 0.25) is 0 Å². The number of carbonyl (C=O) groups excluding carboxylic acids is 2. The number of anilines is 1. The van der Waals surface area contributed by atoms with Gasteiger partial charge in [-0.3, -0.25) is 14.7 Å². The fourth-order valence-electron chi connectivity index (χ4n) is 3.05. The van der Waals surface area contributed by atoms with Gasteiger partial charge in [0.15, 0.2) is 0 Å². The molecule has 1 atom stereocenters. The van der Waals surface area contributed by atoms with Crippen LogP contribution in [-0.4, -0.2) is 28.4 Å². The molecule has 0 aliphatic carbocycles. The van der Waals surface area contributed by atoms with E-state index in [1.54, 1.807) is 66.7 Å². The number of amides is 2. The zero-order chi connectivity index (χ0) is 23.1. The van der Waals surface area contributed by atoms with Gasteiger partial charge in [-0.15, -0.1) is 0 Å². The quantitative estimate of drug-likeness (QED) is 0.483. The molecule has 2 amide bonds. The van der Waals surface area contributed by atoms with Crippen molar-refractivity contribution in [1.29, 1.82) is 5.26 Å². The van der Waals surface area contributed by atoms with Gasteiger partial charge in [-0.25, -0.2) is 4.21 Å². The van der Waals surface area contributed by atoms with Crippen molar-refractivity contribution in [2.24, 2.45) is 5.14 Å². The van der Waals surface area contributed by atoms with Gasteiger partial charge in [-0.2, -0.15) is 5.26 Å². The molecule has 0 saturated heterocycles. The molecule has 8 heteroatoms. The number of nitrogens with two attached hydrogens (primary N) is 1. The summed E-state index contributed by atoms with van der Waals surface area (Å²) >= 11 is 0. The Labute approximate surface area is 187 Å². The monoisotopic (exact) mass is 446 g/mol. The van der Waals surface area contributed by atoms with E-state index in [0.29, 0.717) is 27.3 Å². The first kappa shape index (κ1) is 22.7. The van der Waals surface area contributed by atoms with Gasteiger partial charge in [0.2, 0.25) is 5.91 Å². The van der Waals surface area contributed by atoms with Crippen molar-refractivity contribution >= 4 is 33.1 Å². The maximum atomic E-state index is 12.4. The molecule has 0 aliphatic rings. The van der Waals surface area contributed by atoms with E-state index >= 15 is 0 Å². The second kappa shape index (κ2) is 9.92. The zero-order valence-corrected chi connectivity index (χ0v) is 18.0. The van der Waals surface area contributed by atoms with Crippen LogP contribution in [0.25, 0.3) is 11.1 Å². The molecular weight excluding hydrogens is 424 g/mol. The number of rotatable bonds is 7. The van der Waals surface area contributed by atoms with Crippen LogP contribution in [0.15, 0.2) is 77.7 Å². The minimum absolute atomic E-state index is 0.103. The summed E-state index contributed by atoms with van der Waals surface area (Å²) in [6, 6.07) is 22.4. The Hall–Kier alpha value is -3.93. The number of nitrogens with one attached hydrogen (secondary N) is 2. The van der Waals surface area contributed by atoms with Crippen molar-refractivity contribution < 1.29 is 13.8 Å². The minimum Gasteiger partial charge on any atom is -0.352 e. The fourth-order valence-corrected chi connectivity index (χ4v) is 3.92. The van der Waals surface area contributed by atoms with Crippen LogP contribution in [0.4, 0.5) is 5.69 Å². The lowest BCUT2D eigenvalue weighted by molar-refractivity contribution is -0.116. The molecule has 0 aromatic heterocycles. The molecule has 0 spiro atoms. The molecule has 3 aromatic carbocycles. The molecule has 32 heavy (non-hydrogen) atoms. The maximum Gasteiger partial charge on any atom is 0.251 e. The van der Waals surface area contributed by atoms with E-state index in [9.17, 15) is 13.8 Å². The van der Waals surface area contributed by atoms with E-state index in [2.05, 4.69) is 16.5 Å². The Morgan fingerprint density at radius 2 is 1.66 bits per heavy atom. The highest BCUT2D eigenvalue weighted by molar-refractivity contribution is 7.98. The lowest BCUT2D eigenvalue weighted by atomic mass is 10.0. The molecule has 7 nitrogen and oxygen atoms in total. The minimum atomic E-state index is -2.89. The summed E-state index contributed by atoms with van der Waals surface area (Å²) in [7, 11) is -2.89. The van der Waals surface area contributed by atoms with Crippen molar-refractivity contribution in [3.05, 3.63) is 83.9 Å². The Bertz CT molecular complexity index is 1280. The molecule has 0 aliphatic heterocycles. The van der Waals surface area contributed by atoms with E-state index in [1.807, 2.05) is 12.1 Å². The average Bonchev–Trinajstić information content (AvgIpc) is 2.79. The SMILES string of the molecule is C=S(N)(=O)c1ccccc1-c1ccc(C(=O)NCCC(=O)Nc2ccc(C#N)cc2)cc1. The normalized spacial score (nSPS) is 12.2. The highest BCUT2D eigenvalue weighted by atomic mass is 32.2. The van der Waals surface area contributed by atoms with Crippen LogP contribution in [0.1, 0.15) is 22.3 Å². The van der Waals surface area contributed by atoms with Gasteiger partial charge in [0.05, 0.1) is 26.2 Å². The third-order valence-electron chi connectivity index (χ3n) is 4.65. The molecule has 162 valence electrons. The third kappa shape index (κ3) is 5.82. The highest BCUT2D eigenvalue weighted by Gasteiger charge is 2.12. The number of nitriles is 1. The van der Waals surface area contributed by atoms with E-state index in [1.165, 1.54) is 0 Å². The van der Waals surface area contributed by atoms with Crippen LogP contribution in [0.5, 0.6) is 0 Å². The van der Waals surface area contributed by atoms with Crippen molar-refractivity contribution in [2.75, 3.05) is 11.9 Å². The van der Waals surface area contributed by atoms with E-state index in [-0.39, 0.29) is 24.8 Å². The molecule has 0 fully saturated rings. The molecule has 0 saturated carbocycles. The predicted octanol–water partition coefficient (Wildman–Crippen LogP) is 2.93. The summed E-state index contributed by atoms with van der Waals surface area (Å²) in [5.41, 5.74) is 2.98. The van der Waals surface area contributed by atoms with Gasteiger partial charge >= 0.3 is 0 Å². The lowest BCUT2D eigenvalue weighted by Gasteiger charge is -2.11. The maximum absolute atomic E-state index is 12.4. The summed E-state index contributed by atoms with van der Waals surface area (Å²) in [6.07, 6.45) is 0.103. The molecular formula is C24H22N4O3S. The number of carbonyl (C=O) groups is 2. The summed E-state index contributed by atoms with van der Waals surface area (Å²) in [5, 5.41) is 19.9. The third-order valence-corrected chi connectivity index (χ3v) is 5.75. The van der Waals surface area contributed by atoms with Gasteiger partial charge in [0.1, 0.15) is 0 Å². The molecule has 0 radical (unpaired) electrons. The van der Waals surface area contributed by atoms with Gasteiger partial charge < -0.3 is 10.6 Å². The number of benzene rings is 3. The van der Waals surface area contributed by atoms with Crippen LogP contribution >= 0.6 is 0 Å².